The van der Waals surface area contributed by atoms with E-state index < -0.39 is 34.3 Å². The van der Waals surface area contributed by atoms with Gasteiger partial charge in [-0.3, -0.25) is 4.98 Å². The molecule has 2 heterocycles. The number of aromatic hydroxyl groups is 5. The third kappa shape index (κ3) is 4.98. The molecule has 1 aliphatic carbocycles. The van der Waals surface area contributed by atoms with Gasteiger partial charge in [0.05, 0.1) is 11.4 Å². The largest absolute Gasteiger partial charge is 0.504 e. The number of benzene rings is 4. The summed E-state index contributed by atoms with van der Waals surface area (Å²) in [4.78, 5) is 13.5. The monoisotopic (exact) mass is 593 g/mol. The summed E-state index contributed by atoms with van der Waals surface area (Å²) in [5, 5.41) is 52.0. The van der Waals surface area contributed by atoms with Crippen molar-refractivity contribution in [1.29, 1.82) is 0 Å². The summed E-state index contributed by atoms with van der Waals surface area (Å²) >= 11 is 0. The third-order valence-electron chi connectivity index (χ3n) is 8.04. The Morgan fingerprint density at radius 2 is 1.18 bits per heavy atom. The lowest BCUT2D eigenvalue weighted by molar-refractivity contribution is 0.329. The van der Waals surface area contributed by atoms with Crippen molar-refractivity contribution in [3.63, 3.8) is 0 Å². The summed E-state index contributed by atoms with van der Waals surface area (Å²) in [5.41, 5.74) is 8.54. The zero-order chi connectivity index (χ0) is 31.1. The van der Waals surface area contributed by atoms with Crippen LogP contribution < -0.4 is 0 Å². The minimum atomic E-state index is -1.05. The fourth-order valence-corrected chi connectivity index (χ4v) is 5.72. The minimum absolute atomic E-state index is 0.164. The van der Waals surface area contributed by atoms with Crippen molar-refractivity contribution in [3.05, 3.63) is 126 Å². The number of aryl methyl sites for hydroxylation is 1. The summed E-state index contributed by atoms with van der Waals surface area (Å²) in [7, 11) is 0. The maximum Gasteiger partial charge on any atom is 0.208 e. The third-order valence-corrected chi connectivity index (χ3v) is 8.04. The zero-order valence-corrected chi connectivity index (χ0v) is 23.9. The Morgan fingerprint density at radius 3 is 1.91 bits per heavy atom. The molecule has 7 rings (SSSR count). The van der Waals surface area contributed by atoms with Gasteiger partial charge in [-0.05, 0) is 58.9 Å². The molecule has 8 heteroatoms. The van der Waals surface area contributed by atoms with Gasteiger partial charge in [0, 0.05) is 29.1 Å². The van der Waals surface area contributed by atoms with Gasteiger partial charge in [0.1, 0.15) is 5.56 Å². The Hall–Kier alpha value is -6.15. The van der Waals surface area contributed by atoms with Gasteiger partial charge in [0.15, 0.2) is 17.3 Å². The predicted molar refractivity (Wildman–Crippen MR) is 172 cm³/mol. The van der Waals surface area contributed by atoms with Crippen LogP contribution in [0.4, 0.5) is 0 Å². The van der Waals surface area contributed by atoms with Crippen LogP contribution in [0.25, 0.3) is 50.6 Å². The highest BCUT2D eigenvalue weighted by Crippen LogP contribution is 2.54. The molecule has 0 saturated heterocycles. The first-order chi connectivity index (χ1) is 21.9. The fraction of sp³-hybridized carbons (Fsp3) is 0.0541. The fourth-order valence-electron chi connectivity index (χ4n) is 5.72. The summed E-state index contributed by atoms with van der Waals surface area (Å²) < 4.78 is 0. The van der Waals surface area contributed by atoms with E-state index in [-0.39, 0.29) is 5.82 Å². The van der Waals surface area contributed by atoms with Crippen LogP contribution in [0.2, 0.25) is 0 Å². The lowest BCUT2D eigenvalue weighted by atomic mass is 9.87. The number of phenolic OH excluding ortho intramolecular Hbond substituents is 5. The van der Waals surface area contributed by atoms with Crippen molar-refractivity contribution in [2.24, 2.45) is 0 Å². The Balaban J connectivity index is 1.37. The topological polar surface area (TPSA) is 140 Å². The molecule has 0 spiro atoms. The molecule has 6 aromatic rings. The molecular formula is C37H27N3O5. The first kappa shape index (κ1) is 27.7. The molecule has 45 heavy (non-hydrogen) atoms. The standard InChI is InChI=1S/C37H27N3O5/c41-32-31(33(42)35(44)36(45)34(32)43)37-39-29(19-30(40-37)25-9-3-8-24(18-25)26-10-5-17-38-20-26)23-15-13-22(14-16-23)28-12-4-7-21-6-1-2-11-27(21)28/h1-3,5-6,8-20,41-45H,4,7H2. The van der Waals surface area contributed by atoms with Crippen LogP contribution in [0.15, 0.2) is 109 Å². The second kappa shape index (κ2) is 11.2. The molecule has 5 N–H and O–H groups in total. The minimum Gasteiger partial charge on any atom is -0.504 e. The Kier molecular flexibility index (Phi) is 6.86. The van der Waals surface area contributed by atoms with Gasteiger partial charge in [-0.1, -0.05) is 78.9 Å². The second-order valence-corrected chi connectivity index (χ2v) is 10.8. The average molecular weight is 594 g/mol. The summed E-state index contributed by atoms with van der Waals surface area (Å²) in [6.45, 7) is 0. The van der Waals surface area contributed by atoms with Crippen molar-refractivity contribution in [1.82, 2.24) is 15.0 Å². The normalized spacial score (nSPS) is 12.4. The predicted octanol–water partition coefficient (Wildman–Crippen LogP) is 7.45. The zero-order valence-electron chi connectivity index (χ0n) is 23.9. The van der Waals surface area contributed by atoms with Gasteiger partial charge in [-0.2, -0.15) is 0 Å². The van der Waals surface area contributed by atoms with E-state index in [0.717, 1.165) is 35.1 Å². The number of phenols is 5. The molecule has 0 bridgehead atoms. The maximum atomic E-state index is 10.7. The molecule has 0 fully saturated rings. The van der Waals surface area contributed by atoms with Gasteiger partial charge in [0.2, 0.25) is 17.2 Å². The molecule has 0 unspecified atom stereocenters. The van der Waals surface area contributed by atoms with Crippen LogP contribution >= 0.6 is 0 Å². The van der Waals surface area contributed by atoms with E-state index in [1.807, 2.05) is 66.7 Å². The Morgan fingerprint density at radius 1 is 0.533 bits per heavy atom. The SMILES string of the molecule is Oc1c(O)c(O)c(-c2nc(-c3ccc(C4=CCCc5ccccc54)cc3)cc(-c3cccc(-c4cccnc4)c3)n2)c(O)c1O. The lowest BCUT2D eigenvalue weighted by Gasteiger charge is -2.18. The molecule has 4 aromatic carbocycles. The van der Waals surface area contributed by atoms with Crippen molar-refractivity contribution in [2.45, 2.75) is 12.8 Å². The molecule has 0 radical (unpaired) electrons. The summed E-state index contributed by atoms with van der Waals surface area (Å²) in [5.74, 6) is -4.95. The van der Waals surface area contributed by atoms with Gasteiger partial charge >= 0.3 is 0 Å². The number of hydrogen-bond acceptors (Lipinski definition) is 8. The molecule has 220 valence electrons. The van der Waals surface area contributed by atoms with Gasteiger partial charge in [-0.25, -0.2) is 9.97 Å². The van der Waals surface area contributed by atoms with E-state index in [1.165, 1.54) is 16.7 Å². The molecular weight excluding hydrogens is 566 g/mol. The molecule has 8 nitrogen and oxygen atoms in total. The van der Waals surface area contributed by atoms with Crippen molar-refractivity contribution in [2.75, 3.05) is 0 Å². The molecule has 1 aliphatic rings. The van der Waals surface area contributed by atoms with Crippen LogP contribution in [0, 0.1) is 0 Å². The lowest BCUT2D eigenvalue weighted by Crippen LogP contribution is -2.00. The molecule has 0 saturated carbocycles. The number of rotatable bonds is 5. The van der Waals surface area contributed by atoms with Crippen LogP contribution in [-0.2, 0) is 6.42 Å². The van der Waals surface area contributed by atoms with Gasteiger partial charge in [0.25, 0.3) is 0 Å². The highest BCUT2D eigenvalue weighted by atomic mass is 16.4. The number of pyridine rings is 1. The number of nitrogens with zero attached hydrogens (tertiary/aromatic N) is 3. The number of aromatic nitrogens is 3. The Labute approximate surface area is 258 Å². The van der Waals surface area contributed by atoms with Gasteiger partial charge in [-0.15, -0.1) is 0 Å². The van der Waals surface area contributed by atoms with Crippen LogP contribution in [-0.4, -0.2) is 40.5 Å². The molecule has 0 amide bonds. The van der Waals surface area contributed by atoms with Gasteiger partial charge < -0.3 is 25.5 Å². The van der Waals surface area contributed by atoms with E-state index in [9.17, 15) is 25.5 Å². The van der Waals surface area contributed by atoms with Crippen molar-refractivity contribution < 1.29 is 25.5 Å². The maximum absolute atomic E-state index is 10.7. The quantitative estimate of drug-likeness (QED) is 0.103. The number of allylic oxidation sites excluding steroid dienone is 1. The highest BCUT2D eigenvalue weighted by Gasteiger charge is 2.27. The average Bonchev–Trinajstić information content (AvgIpc) is 3.10. The van der Waals surface area contributed by atoms with E-state index >= 15 is 0 Å². The first-order valence-corrected chi connectivity index (χ1v) is 14.4. The summed E-state index contributed by atoms with van der Waals surface area (Å²) in [6, 6.07) is 29.6. The van der Waals surface area contributed by atoms with Crippen LogP contribution in [0.1, 0.15) is 23.1 Å². The van der Waals surface area contributed by atoms with E-state index in [4.69, 9.17) is 0 Å². The molecule has 2 aromatic heterocycles. The van der Waals surface area contributed by atoms with Crippen LogP contribution in [0.5, 0.6) is 28.7 Å². The highest BCUT2D eigenvalue weighted by molar-refractivity contribution is 5.86. The van der Waals surface area contributed by atoms with E-state index in [2.05, 4.69) is 39.2 Å². The van der Waals surface area contributed by atoms with Crippen molar-refractivity contribution in [3.8, 4) is 73.8 Å². The van der Waals surface area contributed by atoms with Crippen LogP contribution in [0.3, 0.4) is 0 Å². The smallest absolute Gasteiger partial charge is 0.208 e. The molecule has 0 aliphatic heterocycles. The first-order valence-electron chi connectivity index (χ1n) is 14.4. The molecule has 0 atom stereocenters. The number of hydrogen-bond donors (Lipinski definition) is 5. The Bertz CT molecular complexity index is 2080. The summed E-state index contributed by atoms with van der Waals surface area (Å²) in [6.07, 6.45) is 7.68. The second-order valence-electron chi connectivity index (χ2n) is 10.8. The number of fused-ring (bicyclic) bond motifs is 1. The van der Waals surface area contributed by atoms with Crippen molar-refractivity contribution >= 4 is 5.57 Å². The van der Waals surface area contributed by atoms with E-state index in [0.29, 0.717) is 17.0 Å². The van der Waals surface area contributed by atoms with E-state index in [1.54, 1.807) is 18.5 Å².